The molecule has 0 spiro atoms. The van der Waals surface area contributed by atoms with Gasteiger partial charge >= 0.3 is 0 Å². The Kier molecular flexibility index (Phi) is 3.57. The van der Waals surface area contributed by atoms with Crippen LogP contribution in [-0.2, 0) is 5.88 Å². The lowest BCUT2D eigenvalue weighted by Gasteiger charge is -2.02. The van der Waals surface area contributed by atoms with Gasteiger partial charge in [-0.1, -0.05) is 5.16 Å². The van der Waals surface area contributed by atoms with Crippen molar-refractivity contribution in [3.05, 3.63) is 48.0 Å². The molecule has 1 aromatic carbocycles. The van der Waals surface area contributed by atoms with Crippen LogP contribution < -0.4 is 0 Å². The summed E-state index contributed by atoms with van der Waals surface area (Å²) < 4.78 is 31.5. The van der Waals surface area contributed by atoms with Gasteiger partial charge in [0, 0.05) is 12.3 Å². The van der Waals surface area contributed by atoms with E-state index in [2.05, 4.69) is 20.1 Å². The predicted molar refractivity (Wildman–Crippen MR) is 70.2 cm³/mol. The fraction of sp³-hybridized carbons (Fsp3) is 0.0769. The Morgan fingerprint density at radius 3 is 2.67 bits per heavy atom. The molecule has 0 aliphatic rings. The highest BCUT2D eigenvalue weighted by Crippen LogP contribution is 2.22. The number of nitrogens with zero attached hydrogens (tertiary/aromatic N) is 4. The predicted octanol–water partition coefficient (Wildman–Crippen LogP) is 3.21. The molecular weight excluding hydrogens is 302 g/mol. The summed E-state index contributed by atoms with van der Waals surface area (Å²) in [5.41, 5.74) is 0.433. The molecule has 0 aliphatic heterocycles. The number of halogens is 3. The SMILES string of the molecule is Fc1ccc(-c2nccc(-c3noc(CCl)n3)n2)c(F)c1. The van der Waals surface area contributed by atoms with Crippen LogP contribution in [0.25, 0.3) is 22.9 Å². The topological polar surface area (TPSA) is 64.7 Å². The van der Waals surface area contributed by atoms with Crippen LogP contribution in [-0.4, -0.2) is 20.1 Å². The molecule has 0 amide bonds. The van der Waals surface area contributed by atoms with Gasteiger partial charge in [-0.2, -0.15) is 4.98 Å². The maximum absolute atomic E-state index is 13.7. The number of alkyl halides is 1. The van der Waals surface area contributed by atoms with E-state index in [0.717, 1.165) is 12.1 Å². The van der Waals surface area contributed by atoms with Gasteiger partial charge in [-0.05, 0) is 18.2 Å². The van der Waals surface area contributed by atoms with E-state index in [-0.39, 0.29) is 29.0 Å². The molecule has 0 saturated carbocycles. The number of rotatable bonds is 3. The highest BCUT2D eigenvalue weighted by Gasteiger charge is 2.13. The van der Waals surface area contributed by atoms with Gasteiger partial charge in [0.1, 0.15) is 23.2 Å². The van der Waals surface area contributed by atoms with E-state index in [9.17, 15) is 8.78 Å². The molecule has 3 aromatic rings. The minimum atomic E-state index is -0.748. The van der Waals surface area contributed by atoms with Crippen molar-refractivity contribution in [1.29, 1.82) is 0 Å². The van der Waals surface area contributed by atoms with Crippen molar-refractivity contribution in [2.75, 3.05) is 0 Å². The third-order valence-corrected chi connectivity index (χ3v) is 2.87. The van der Waals surface area contributed by atoms with Crippen molar-refractivity contribution in [1.82, 2.24) is 20.1 Å². The summed E-state index contributed by atoms with van der Waals surface area (Å²) >= 11 is 5.58. The van der Waals surface area contributed by atoms with Gasteiger partial charge in [0.15, 0.2) is 5.82 Å². The average Bonchev–Trinajstić information content (AvgIpc) is 2.96. The summed E-state index contributed by atoms with van der Waals surface area (Å²) in [6.45, 7) is 0. The lowest BCUT2D eigenvalue weighted by molar-refractivity contribution is 0.391. The second-order valence-corrected chi connectivity index (χ2v) is 4.30. The molecule has 0 bridgehead atoms. The zero-order chi connectivity index (χ0) is 14.8. The van der Waals surface area contributed by atoms with Crippen LogP contribution in [0.3, 0.4) is 0 Å². The monoisotopic (exact) mass is 308 g/mol. The van der Waals surface area contributed by atoms with E-state index in [1.807, 2.05) is 0 Å². The average molecular weight is 309 g/mol. The van der Waals surface area contributed by atoms with E-state index >= 15 is 0 Å². The van der Waals surface area contributed by atoms with Crippen LogP contribution >= 0.6 is 11.6 Å². The van der Waals surface area contributed by atoms with Crippen LogP contribution in [0.15, 0.2) is 35.0 Å². The summed E-state index contributed by atoms with van der Waals surface area (Å²) in [5.74, 6) is -0.768. The fourth-order valence-electron chi connectivity index (χ4n) is 1.70. The van der Waals surface area contributed by atoms with Gasteiger partial charge in [0.25, 0.3) is 0 Å². The van der Waals surface area contributed by atoms with Gasteiger partial charge in [0.05, 0.1) is 5.56 Å². The molecule has 106 valence electrons. The highest BCUT2D eigenvalue weighted by molar-refractivity contribution is 6.16. The smallest absolute Gasteiger partial charge is 0.241 e. The molecule has 5 nitrogen and oxygen atoms in total. The van der Waals surface area contributed by atoms with Crippen molar-refractivity contribution in [3.63, 3.8) is 0 Å². The van der Waals surface area contributed by atoms with Crippen molar-refractivity contribution in [2.45, 2.75) is 5.88 Å². The summed E-state index contributed by atoms with van der Waals surface area (Å²) in [7, 11) is 0. The lowest BCUT2D eigenvalue weighted by Crippen LogP contribution is -1.95. The Labute approximate surface area is 122 Å². The Bertz CT molecular complexity index is 793. The quantitative estimate of drug-likeness (QED) is 0.695. The van der Waals surface area contributed by atoms with Crippen molar-refractivity contribution in [3.8, 4) is 22.9 Å². The third-order valence-electron chi connectivity index (χ3n) is 2.64. The summed E-state index contributed by atoms with van der Waals surface area (Å²) in [6, 6.07) is 4.72. The third kappa shape index (κ3) is 2.73. The molecule has 0 aliphatic carbocycles. The first kappa shape index (κ1) is 13.6. The van der Waals surface area contributed by atoms with Crippen LogP contribution in [0.2, 0.25) is 0 Å². The maximum Gasteiger partial charge on any atom is 0.241 e. The highest BCUT2D eigenvalue weighted by atomic mass is 35.5. The van der Waals surface area contributed by atoms with Crippen LogP contribution in [0, 0.1) is 11.6 Å². The van der Waals surface area contributed by atoms with Crippen molar-refractivity contribution < 1.29 is 13.3 Å². The van der Waals surface area contributed by atoms with Gasteiger partial charge in [-0.15, -0.1) is 11.6 Å². The van der Waals surface area contributed by atoms with E-state index < -0.39 is 11.6 Å². The molecule has 0 unspecified atom stereocenters. The maximum atomic E-state index is 13.7. The normalized spacial score (nSPS) is 10.8. The second kappa shape index (κ2) is 5.53. The number of benzene rings is 1. The Morgan fingerprint density at radius 2 is 1.95 bits per heavy atom. The molecule has 3 rings (SSSR count). The zero-order valence-electron chi connectivity index (χ0n) is 10.4. The first-order valence-electron chi connectivity index (χ1n) is 5.85. The molecule has 0 N–H and O–H groups in total. The first-order valence-corrected chi connectivity index (χ1v) is 6.38. The van der Waals surface area contributed by atoms with Gasteiger partial charge in [-0.3, -0.25) is 0 Å². The molecule has 0 saturated heterocycles. The second-order valence-electron chi connectivity index (χ2n) is 4.04. The number of hydrogen-bond acceptors (Lipinski definition) is 5. The number of hydrogen-bond donors (Lipinski definition) is 0. The molecule has 21 heavy (non-hydrogen) atoms. The summed E-state index contributed by atoms with van der Waals surface area (Å²) in [6.07, 6.45) is 1.43. The number of aromatic nitrogens is 4. The van der Waals surface area contributed by atoms with E-state index in [4.69, 9.17) is 16.1 Å². The van der Waals surface area contributed by atoms with Gasteiger partial charge in [0.2, 0.25) is 11.7 Å². The van der Waals surface area contributed by atoms with Gasteiger partial charge < -0.3 is 4.52 Å². The molecule has 0 radical (unpaired) electrons. The molecule has 2 heterocycles. The molecule has 2 aromatic heterocycles. The summed E-state index contributed by atoms with van der Waals surface area (Å²) in [4.78, 5) is 12.1. The minimum absolute atomic E-state index is 0.0809. The fourth-order valence-corrected chi connectivity index (χ4v) is 1.81. The minimum Gasteiger partial charge on any atom is -0.338 e. The summed E-state index contributed by atoms with van der Waals surface area (Å²) in [5, 5.41) is 3.71. The Morgan fingerprint density at radius 1 is 1.10 bits per heavy atom. The Hall–Kier alpha value is -2.41. The van der Waals surface area contributed by atoms with E-state index in [1.54, 1.807) is 6.07 Å². The standard InChI is InChI=1S/C13H7ClF2N4O/c14-6-11-19-13(20-21-11)10-3-4-17-12(18-10)8-2-1-7(15)5-9(8)16/h1-5H,6H2. The van der Waals surface area contributed by atoms with Gasteiger partial charge in [-0.25, -0.2) is 18.7 Å². The first-order chi connectivity index (χ1) is 10.2. The molecule has 8 heteroatoms. The van der Waals surface area contributed by atoms with Crippen LogP contribution in [0.4, 0.5) is 8.78 Å². The van der Waals surface area contributed by atoms with E-state index in [1.165, 1.54) is 12.3 Å². The largest absolute Gasteiger partial charge is 0.338 e. The van der Waals surface area contributed by atoms with Crippen molar-refractivity contribution >= 4 is 11.6 Å². The van der Waals surface area contributed by atoms with Crippen LogP contribution in [0.1, 0.15) is 5.89 Å². The van der Waals surface area contributed by atoms with Crippen LogP contribution in [0.5, 0.6) is 0 Å². The molecule has 0 atom stereocenters. The zero-order valence-corrected chi connectivity index (χ0v) is 11.2. The van der Waals surface area contributed by atoms with Crippen molar-refractivity contribution in [2.24, 2.45) is 0 Å². The molecular formula is C13H7ClF2N4O. The Balaban J connectivity index is 2.03. The lowest BCUT2D eigenvalue weighted by atomic mass is 10.2. The van der Waals surface area contributed by atoms with E-state index in [0.29, 0.717) is 5.69 Å². The molecule has 0 fully saturated rings.